The van der Waals surface area contributed by atoms with E-state index in [1.54, 1.807) is 0 Å². The fourth-order valence-corrected chi connectivity index (χ4v) is 10.9. The number of nitrogens with zero attached hydrogens (tertiary/aromatic N) is 4. The van der Waals surface area contributed by atoms with Crippen LogP contribution in [0.5, 0.6) is 0 Å². The highest BCUT2D eigenvalue weighted by atomic mass is 15.0. The van der Waals surface area contributed by atoms with Crippen molar-refractivity contribution in [3.05, 3.63) is 255 Å². The molecule has 322 valence electrons. The molecule has 0 radical (unpaired) electrons. The zero-order chi connectivity index (χ0) is 45.4. The summed E-state index contributed by atoms with van der Waals surface area (Å²) in [5.41, 5.74) is 19.0. The highest BCUT2D eigenvalue weighted by Gasteiger charge is 2.18. The van der Waals surface area contributed by atoms with Gasteiger partial charge in [0.1, 0.15) is 0 Å². The Bertz CT molecular complexity index is 3990. The van der Waals surface area contributed by atoms with Crippen LogP contribution in [-0.2, 0) is 0 Å². The summed E-state index contributed by atoms with van der Waals surface area (Å²) in [4.78, 5) is 5.30. The molecular formula is C65H42N4. The summed E-state index contributed by atoms with van der Waals surface area (Å²) in [6.45, 7) is 0. The van der Waals surface area contributed by atoms with Crippen LogP contribution in [0.15, 0.2) is 255 Å². The zero-order valence-electron chi connectivity index (χ0n) is 37.5. The molecular weight excluding hydrogens is 837 g/mol. The Kier molecular flexibility index (Phi) is 8.86. The predicted octanol–water partition coefficient (Wildman–Crippen LogP) is 17.0. The molecule has 0 saturated heterocycles. The highest BCUT2D eigenvalue weighted by Crippen LogP contribution is 2.39. The molecule has 0 aliphatic heterocycles. The Labute approximate surface area is 398 Å². The third kappa shape index (κ3) is 6.34. The largest absolute Gasteiger partial charge is 0.309 e. The fourth-order valence-electron chi connectivity index (χ4n) is 10.9. The van der Waals surface area contributed by atoms with Crippen LogP contribution >= 0.6 is 0 Å². The zero-order valence-corrected chi connectivity index (χ0v) is 37.5. The van der Waals surface area contributed by atoms with Crippen molar-refractivity contribution in [2.45, 2.75) is 0 Å². The fraction of sp³-hybridized carbons (Fsp3) is 0. The molecule has 0 fully saturated rings. The Hall–Kier alpha value is -9.25. The first kappa shape index (κ1) is 39.0. The molecule has 0 aliphatic carbocycles. The molecule has 0 unspecified atom stereocenters. The molecule has 0 bridgehead atoms. The van der Waals surface area contributed by atoms with Crippen molar-refractivity contribution in [3.63, 3.8) is 0 Å². The van der Waals surface area contributed by atoms with Crippen LogP contribution in [0.4, 0.5) is 0 Å². The molecule has 69 heavy (non-hydrogen) atoms. The first-order valence-electron chi connectivity index (χ1n) is 23.6. The van der Waals surface area contributed by atoms with Crippen molar-refractivity contribution in [3.8, 4) is 61.8 Å². The van der Waals surface area contributed by atoms with Crippen molar-refractivity contribution in [2.24, 2.45) is 0 Å². The lowest BCUT2D eigenvalue weighted by molar-refractivity contribution is 1.13. The number of benzene rings is 10. The van der Waals surface area contributed by atoms with Gasteiger partial charge >= 0.3 is 0 Å². The standard InChI is InChI=1S/C65H42N4/c1-2-16-45(17-3-1)58-40-48(41-59(66-58)46-34-36-49(37-35-46)67-60-24-10-4-18-52(60)53-19-5-11-25-61(53)67)44-32-30-43(31-33-44)47-38-50(68-62-26-12-6-20-54(62)55-21-7-13-27-63(55)68)42-51(39-47)69-64-28-14-8-22-56(64)57-23-9-15-29-65(57)69/h1-42H. The van der Waals surface area contributed by atoms with E-state index in [1.807, 2.05) is 0 Å². The normalized spacial score (nSPS) is 11.8. The summed E-state index contributed by atoms with van der Waals surface area (Å²) in [5.74, 6) is 0. The summed E-state index contributed by atoms with van der Waals surface area (Å²) in [6.07, 6.45) is 0. The lowest BCUT2D eigenvalue weighted by atomic mass is 9.97. The second-order valence-corrected chi connectivity index (χ2v) is 18.0. The van der Waals surface area contributed by atoms with Gasteiger partial charge in [-0.1, -0.05) is 176 Å². The van der Waals surface area contributed by atoms with E-state index >= 15 is 0 Å². The summed E-state index contributed by atoms with van der Waals surface area (Å²) in [5, 5.41) is 7.48. The first-order chi connectivity index (χ1) is 34.2. The van der Waals surface area contributed by atoms with Crippen LogP contribution in [0.25, 0.3) is 127 Å². The molecule has 0 aliphatic rings. The number of hydrogen-bond donors (Lipinski definition) is 0. The van der Waals surface area contributed by atoms with Crippen molar-refractivity contribution in [1.82, 2.24) is 18.7 Å². The van der Waals surface area contributed by atoms with Gasteiger partial charge in [-0.3, -0.25) is 0 Å². The minimum Gasteiger partial charge on any atom is -0.309 e. The van der Waals surface area contributed by atoms with Gasteiger partial charge in [-0.15, -0.1) is 0 Å². The second-order valence-electron chi connectivity index (χ2n) is 18.0. The molecule has 4 aromatic heterocycles. The quantitative estimate of drug-likeness (QED) is 0.157. The van der Waals surface area contributed by atoms with E-state index in [4.69, 9.17) is 4.98 Å². The van der Waals surface area contributed by atoms with Crippen molar-refractivity contribution in [1.29, 1.82) is 0 Å². The first-order valence-corrected chi connectivity index (χ1v) is 23.6. The van der Waals surface area contributed by atoms with E-state index < -0.39 is 0 Å². The Morgan fingerprint density at radius 2 is 0.493 bits per heavy atom. The summed E-state index contributed by atoms with van der Waals surface area (Å²) in [6, 6.07) is 92.3. The maximum absolute atomic E-state index is 5.30. The van der Waals surface area contributed by atoms with Gasteiger partial charge < -0.3 is 13.7 Å². The van der Waals surface area contributed by atoms with Crippen LogP contribution in [-0.4, -0.2) is 18.7 Å². The van der Waals surface area contributed by atoms with E-state index in [2.05, 4.69) is 268 Å². The maximum atomic E-state index is 5.30. The minimum atomic E-state index is 0.930. The molecule has 14 aromatic rings. The van der Waals surface area contributed by atoms with Crippen LogP contribution in [0.1, 0.15) is 0 Å². The van der Waals surface area contributed by atoms with Gasteiger partial charge in [0.15, 0.2) is 0 Å². The second kappa shape index (κ2) is 15.7. The van der Waals surface area contributed by atoms with Gasteiger partial charge in [-0.2, -0.15) is 0 Å². The monoisotopic (exact) mass is 878 g/mol. The molecule has 0 atom stereocenters. The molecule has 4 nitrogen and oxygen atoms in total. The predicted molar refractivity (Wildman–Crippen MR) is 289 cm³/mol. The van der Waals surface area contributed by atoms with Gasteiger partial charge in [0.05, 0.1) is 44.5 Å². The lowest BCUT2D eigenvalue weighted by Gasteiger charge is -2.16. The van der Waals surface area contributed by atoms with Gasteiger partial charge in [0.25, 0.3) is 0 Å². The maximum Gasteiger partial charge on any atom is 0.0715 e. The molecule has 14 rings (SSSR count). The third-order valence-corrected chi connectivity index (χ3v) is 14.0. The van der Waals surface area contributed by atoms with E-state index in [0.29, 0.717) is 0 Å². The van der Waals surface area contributed by atoms with E-state index in [1.165, 1.54) is 65.4 Å². The van der Waals surface area contributed by atoms with Gasteiger partial charge in [-0.05, 0) is 101 Å². The van der Waals surface area contributed by atoms with Crippen LogP contribution in [0.3, 0.4) is 0 Å². The summed E-state index contributed by atoms with van der Waals surface area (Å²) in [7, 11) is 0. The van der Waals surface area contributed by atoms with Gasteiger partial charge in [-0.25, -0.2) is 4.98 Å². The molecule has 4 heteroatoms. The number of pyridine rings is 1. The Balaban J connectivity index is 0.904. The molecule has 10 aromatic carbocycles. The molecule has 0 amide bonds. The third-order valence-electron chi connectivity index (χ3n) is 14.0. The number of para-hydroxylation sites is 6. The number of hydrogen-bond acceptors (Lipinski definition) is 1. The van der Waals surface area contributed by atoms with E-state index in [9.17, 15) is 0 Å². The van der Waals surface area contributed by atoms with Crippen molar-refractivity contribution in [2.75, 3.05) is 0 Å². The lowest BCUT2D eigenvalue weighted by Crippen LogP contribution is -2.00. The average molecular weight is 879 g/mol. The van der Waals surface area contributed by atoms with Crippen molar-refractivity contribution >= 4 is 65.4 Å². The molecule has 4 heterocycles. The average Bonchev–Trinajstić information content (AvgIpc) is 4.07. The number of fused-ring (bicyclic) bond motifs is 9. The van der Waals surface area contributed by atoms with Crippen molar-refractivity contribution < 1.29 is 0 Å². The van der Waals surface area contributed by atoms with Crippen LogP contribution in [0.2, 0.25) is 0 Å². The molecule has 0 saturated carbocycles. The SMILES string of the molecule is c1ccc(-c2cc(-c3ccc(-c4cc(-n5c6ccccc6c6ccccc65)cc(-n5c6ccccc6c6ccccc65)c4)cc3)cc(-c3ccc(-n4c5ccccc5c5ccccc54)cc3)n2)cc1. The van der Waals surface area contributed by atoms with E-state index in [0.717, 1.165) is 61.8 Å². The summed E-state index contributed by atoms with van der Waals surface area (Å²) >= 11 is 0. The van der Waals surface area contributed by atoms with Crippen LogP contribution < -0.4 is 0 Å². The van der Waals surface area contributed by atoms with Gasteiger partial charge in [0, 0.05) is 60.5 Å². The van der Waals surface area contributed by atoms with Crippen LogP contribution in [0, 0.1) is 0 Å². The Morgan fingerprint density at radius 3 is 0.870 bits per heavy atom. The minimum absolute atomic E-state index is 0.930. The molecule has 0 spiro atoms. The topological polar surface area (TPSA) is 27.7 Å². The molecule has 0 N–H and O–H groups in total. The number of rotatable bonds is 7. The smallest absolute Gasteiger partial charge is 0.0715 e. The highest BCUT2D eigenvalue weighted by molar-refractivity contribution is 6.11. The number of aromatic nitrogens is 4. The van der Waals surface area contributed by atoms with E-state index in [-0.39, 0.29) is 0 Å². The van der Waals surface area contributed by atoms with Gasteiger partial charge in [0.2, 0.25) is 0 Å². The Morgan fingerprint density at radius 1 is 0.203 bits per heavy atom. The summed E-state index contributed by atoms with van der Waals surface area (Å²) < 4.78 is 7.22.